The van der Waals surface area contributed by atoms with Gasteiger partial charge in [-0.15, -0.1) is 11.8 Å². The molecule has 0 radical (unpaired) electrons. The van der Waals surface area contributed by atoms with E-state index in [0.29, 0.717) is 6.54 Å². The smallest absolute Gasteiger partial charge is 0.234 e. The predicted molar refractivity (Wildman–Crippen MR) is 65.3 cm³/mol. The van der Waals surface area contributed by atoms with E-state index in [1.165, 1.54) is 0 Å². The quantitative estimate of drug-likeness (QED) is 0.874. The lowest BCUT2D eigenvalue weighted by Gasteiger charge is -2.15. The van der Waals surface area contributed by atoms with Gasteiger partial charge in [0.05, 0.1) is 11.2 Å². The van der Waals surface area contributed by atoms with Gasteiger partial charge in [0.2, 0.25) is 5.89 Å². The Morgan fingerprint density at radius 1 is 1.44 bits per heavy atom. The minimum Gasteiger partial charge on any atom is -0.339 e. The average molecular weight is 241 g/mol. The van der Waals surface area contributed by atoms with Crippen LogP contribution >= 0.6 is 11.8 Å². The highest BCUT2D eigenvalue weighted by Crippen LogP contribution is 2.46. The van der Waals surface area contributed by atoms with Gasteiger partial charge in [-0.05, 0) is 12.8 Å². The molecular weight excluding hydrogens is 222 g/mol. The van der Waals surface area contributed by atoms with Crippen LogP contribution < -0.4 is 5.73 Å². The van der Waals surface area contributed by atoms with E-state index in [2.05, 4.69) is 30.9 Å². The van der Waals surface area contributed by atoms with Crippen LogP contribution in [-0.2, 0) is 11.2 Å². The van der Waals surface area contributed by atoms with Gasteiger partial charge in [0, 0.05) is 11.3 Å². The molecule has 0 spiro atoms. The van der Waals surface area contributed by atoms with Crippen LogP contribution in [0.3, 0.4) is 0 Å². The van der Waals surface area contributed by atoms with Crippen molar-refractivity contribution >= 4 is 11.8 Å². The Balaban J connectivity index is 1.98. The van der Waals surface area contributed by atoms with Gasteiger partial charge in [-0.25, -0.2) is 0 Å². The summed E-state index contributed by atoms with van der Waals surface area (Å²) >= 11 is 1.82. The summed E-state index contributed by atoms with van der Waals surface area (Å²) < 4.78 is 5.52. The second-order valence-corrected chi connectivity index (χ2v) is 7.20. The van der Waals surface area contributed by atoms with Gasteiger partial charge >= 0.3 is 0 Å². The SMILES string of the molecule is CC(C)(C)SCc1noc(C2(CN)CC2)n1. The third-order valence-corrected chi connectivity index (χ3v) is 4.07. The first-order valence-corrected chi connectivity index (χ1v) is 6.61. The molecule has 2 rings (SSSR count). The first-order valence-electron chi connectivity index (χ1n) is 5.62. The van der Waals surface area contributed by atoms with Crippen LogP contribution in [0, 0.1) is 0 Å². The van der Waals surface area contributed by atoms with Crippen LogP contribution in [0.25, 0.3) is 0 Å². The zero-order valence-corrected chi connectivity index (χ0v) is 10.9. The molecule has 0 bridgehead atoms. The van der Waals surface area contributed by atoms with E-state index in [1.807, 2.05) is 11.8 Å². The van der Waals surface area contributed by atoms with Crippen LogP contribution in [0.1, 0.15) is 45.3 Å². The summed E-state index contributed by atoms with van der Waals surface area (Å²) in [6.45, 7) is 7.16. The standard InChI is InChI=1S/C11H19N3OS/c1-10(2,3)16-6-8-13-9(15-14-8)11(7-12)4-5-11/h4-7,12H2,1-3H3. The van der Waals surface area contributed by atoms with Crippen molar-refractivity contribution in [2.45, 2.75) is 49.5 Å². The van der Waals surface area contributed by atoms with E-state index in [-0.39, 0.29) is 10.2 Å². The first-order chi connectivity index (χ1) is 7.45. The van der Waals surface area contributed by atoms with Crippen molar-refractivity contribution in [1.29, 1.82) is 0 Å². The number of aromatic nitrogens is 2. The normalized spacial score (nSPS) is 18.8. The Bertz CT molecular complexity index is 366. The lowest BCUT2D eigenvalue weighted by molar-refractivity contribution is 0.344. The Kier molecular flexibility index (Phi) is 3.01. The van der Waals surface area contributed by atoms with Crippen LogP contribution in [0.15, 0.2) is 4.52 Å². The van der Waals surface area contributed by atoms with Gasteiger partial charge < -0.3 is 10.3 Å². The lowest BCUT2D eigenvalue weighted by Crippen LogP contribution is -2.20. The van der Waals surface area contributed by atoms with E-state index >= 15 is 0 Å². The maximum Gasteiger partial charge on any atom is 0.234 e. The molecule has 0 unspecified atom stereocenters. The first kappa shape index (κ1) is 11.9. The van der Waals surface area contributed by atoms with Gasteiger partial charge in [0.1, 0.15) is 0 Å². The summed E-state index contributed by atoms with van der Waals surface area (Å²) in [5.41, 5.74) is 5.73. The monoisotopic (exact) mass is 241 g/mol. The molecule has 0 aromatic carbocycles. The van der Waals surface area contributed by atoms with Gasteiger partial charge in [-0.2, -0.15) is 4.98 Å². The largest absolute Gasteiger partial charge is 0.339 e. The van der Waals surface area contributed by atoms with Crippen LogP contribution in [-0.4, -0.2) is 21.4 Å². The number of hydrogen-bond acceptors (Lipinski definition) is 5. The molecule has 1 saturated carbocycles. The second-order valence-electron chi connectivity index (χ2n) is 5.40. The molecular formula is C11H19N3OS. The average Bonchev–Trinajstić information content (AvgIpc) is 2.86. The topological polar surface area (TPSA) is 64.9 Å². The molecule has 1 aromatic rings. The summed E-state index contributed by atoms with van der Waals surface area (Å²) in [6.07, 6.45) is 2.16. The van der Waals surface area contributed by atoms with E-state index in [4.69, 9.17) is 10.3 Å². The molecule has 2 N–H and O–H groups in total. The van der Waals surface area contributed by atoms with Crippen LogP contribution in [0.5, 0.6) is 0 Å². The number of rotatable bonds is 4. The van der Waals surface area contributed by atoms with Crippen molar-refractivity contribution in [1.82, 2.24) is 10.1 Å². The molecule has 90 valence electrons. The van der Waals surface area contributed by atoms with Gasteiger partial charge in [-0.1, -0.05) is 25.9 Å². The van der Waals surface area contributed by atoms with E-state index in [1.54, 1.807) is 0 Å². The Labute approximate surface area is 100 Å². The van der Waals surface area contributed by atoms with Crippen molar-refractivity contribution in [2.24, 2.45) is 5.73 Å². The fourth-order valence-corrected chi connectivity index (χ4v) is 2.14. The Morgan fingerprint density at radius 3 is 2.62 bits per heavy atom. The van der Waals surface area contributed by atoms with Gasteiger partial charge in [0.25, 0.3) is 0 Å². The molecule has 1 aromatic heterocycles. The fraction of sp³-hybridized carbons (Fsp3) is 0.818. The third kappa shape index (κ3) is 2.58. The molecule has 1 fully saturated rings. The lowest BCUT2D eigenvalue weighted by atomic mass is 10.1. The molecule has 0 atom stereocenters. The molecule has 1 aliphatic rings. The highest BCUT2D eigenvalue weighted by molar-refractivity contribution is 7.99. The zero-order valence-electron chi connectivity index (χ0n) is 10.1. The highest BCUT2D eigenvalue weighted by Gasteiger charge is 2.48. The molecule has 0 saturated heterocycles. The predicted octanol–water partition coefficient (Wildman–Crippen LogP) is 2.09. The van der Waals surface area contributed by atoms with Crippen molar-refractivity contribution in [3.8, 4) is 0 Å². The summed E-state index contributed by atoms with van der Waals surface area (Å²) in [6, 6.07) is 0. The molecule has 1 aliphatic carbocycles. The number of nitrogens with two attached hydrogens (primary N) is 1. The molecule has 5 heteroatoms. The number of hydrogen-bond donors (Lipinski definition) is 1. The number of thioether (sulfide) groups is 1. The molecule has 1 heterocycles. The summed E-state index contributed by atoms with van der Waals surface area (Å²) in [7, 11) is 0. The Morgan fingerprint density at radius 2 is 2.12 bits per heavy atom. The summed E-state index contributed by atoms with van der Waals surface area (Å²) in [4.78, 5) is 4.44. The van der Waals surface area contributed by atoms with E-state index in [0.717, 1.165) is 30.3 Å². The van der Waals surface area contributed by atoms with Crippen molar-refractivity contribution < 1.29 is 4.52 Å². The minimum absolute atomic E-state index is 0.0116. The minimum atomic E-state index is 0.0116. The van der Waals surface area contributed by atoms with Crippen molar-refractivity contribution in [3.05, 3.63) is 11.7 Å². The van der Waals surface area contributed by atoms with Crippen molar-refractivity contribution in [2.75, 3.05) is 6.54 Å². The zero-order chi connectivity index (χ0) is 11.8. The third-order valence-electron chi connectivity index (χ3n) is 2.80. The summed E-state index contributed by atoms with van der Waals surface area (Å²) in [5.74, 6) is 2.32. The highest BCUT2D eigenvalue weighted by atomic mass is 32.2. The van der Waals surface area contributed by atoms with Crippen molar-refractivity contribution in [3.63, 3.8) is 0 Å². The van der Waals surface area contributed by atoms with Gasteiger partial charge in [-0.3, -0.25) is 0 Å². The van der Waals surface area contributed by atoms with E-state index in [9.17, 15) is 0 Å². The second kappa shape index (κ2) is 4.04. The maximum atomic E-state index is 5.72. The molecule has 0 amide bonds. The van der Waals surface area contributed by atoms with E-state index < -0.39 is 0 Å². The maximum absolute atomic E-state index is 5.72. The van der Waals surface area contributed by atoms with Crippen LogP contribution in [0.2, 0.25) is 0 Å². The summed E-state index contributed by atoms with van der Waals surface area (Å²) in [5, 5.41) is 4.01. The molecule has 4 nitrogen and oxygen atoms in total. The van der Waals surface area contributed by atoms with Gasteiger partial charge in [0.15, 0.2) is 5.82 Å². The number of nitrogens with zero attached hydrogens (tertiary/aromatic N) is 2. The fourth-order valence-electron chi connectivity index (χ4n) is 1.47. The molecule has 0 aliphatic heterocycles. The van der Waals surface area contributed by atoms with Crippen LogP contribution in [0.4, 0.5) is 0 Å². The Hall–Kier alpha value is -0.550. The molecule has 16 heavy (non-hydrogen) atoms.